The van der Waals surface area contributed by atoms with Crippen LogP contribution in [-0.4, -0.2) is 31.8 Å². The average molecular weight is 375 g/mol. The maximum atomic E-state index is 13.3. The molecule has 0 atom stereocenters. The standard InChI is InChI=1S/C20H25NO4S/c1-5-25-19(22)14-21(13-18-9-7-6-8-10-18)26(23,24)20-16(3)11-15(2)12-17(20)4/h6-12H,5,13-14H2,1-4H3. The Labute approximate surface area is 155 Å². The van der Waals surface area contributed by atoms with Crippen molar-refractivity contribution in [1.82, 2.24) is 4.31 Å². The Morgan fingerprint density at radius 3 is 2.15 bits per heavy atom. The quantitative estimate of drug-likeness (QED) is 0.696. The number of nitrogens with zero attached hydrogens (tertiary/aromatic N) is 1. The Kier molecular flexibility index (Phi) is 6.56. The van der Waals surface area contributed by atoms with Gasteiger partial charge < -0.3 is 4.74 Å². The highest BCUT2D eigenvalue weighted by molar-refractivity contribution is 7.89. The van der Waals surface area contributed by atoms with E-state index in [9.17, 15) is 13.2 Å². The van der Waals surface area contributed by atoms with Crippen molar-refractivity contribution in [3.05, 3.63) is 64.7 Å². The summed E-state index contributed by atoms with van der Waals surface area (Å²) in [7, 11) is -3.86. The lowest BCUT2D eigenvalue weighted by Gasteiger charge is -2.24. The molecule has 2 aromatic rings. The summed E-state index contributed by atoms with van der Waals surface area (Å²) in [5.74, 6) is -0.561. The van der Waals surface area contributed by atoms with Crippen LogP contribution in [0.25, 0.3) is 0 Å². The van der Waals surface area contributed by atoms with Crippen molar-refractivity contribution in [3.63, 3.8) is 0 Å². The molecule has 0 bridgehead atoms. The molecule has 0 aliphatic heterocycles. The summed E-state index contributed by atoms with van der Waals surface area (Å²) in [6.45, 7) is 7.17. The molecule has 6 heteroatoms. The van der Waals surface area contributed by atoms with E-state index in [0.29, 0.717) is 11.1 Å². The number of benzene rings is 2. The van der Waals surface area contributed by atoms with E-state index in [0.717, 1.165) is 11.1 Å². The molecule has 0 amide bonds. The van der Waals surface area contributed by atoms with Crippen LogP contribution in [0, 0.1) is 20.8 Å². The molecule has 2 aromatic carbocycles. The third-order valence-corrected chi connectivity index (χ3v) is 6.11. The number of hydrogen-bond donors (Lipinski definition) is 0. The molecule has 0 radical (unpaired) electrons. The second kappa shape index (κ2) is 8.47. The van der Waals surface area contributed by atoms with Gasteiger partial charge in [-0.1, -0.05) is 48.0 Å². The van der Waals surface area contributed by atoms with E-state index in [1.165, 1.54) is 4.31 Å². The molecule has 0 fully saturated rings. The van der Waals surface area contributed by atoms with Crippen molar-refractivity contribution < 1.29 is 17.9 Å². The van der Waals surface area contributed by atoms with Gasteiger partial charge in [-0.3, -0.25) is 4.79 Å². The van der Waals surface area contributed by atoms with Crippen LogP contribution >= 0.6 is 0 Å². The van der Waals surface area contributed by atoms with E-state index < -0.39 is 16.0 Å². The van der Waals surface area contributed by atoms with Crippen molar-refractivity contribution in [1.29, 1.82) is 0 Å². The summed E-state index contributed by atoms with van der Waals surface area (Å²) in [5.41, 5.74) is 3.15. The third kappa shape index (κ3) is 4.71. The fourth-order valence-electron chi connectivity index (χ4n) is 3.07. The van der Waals surface area contributed by atoms with Crippen LogP contribution in [0.4, 0.5) is 0 Å². The predicted octanol–water partition coefficient (Wildman–Crippen LogP) is 3.37. The molecule has 0 unspecified atom stereocenters. The molecule has 0 N–H and O–H groups in total. The molecule has 0 saturated heterocycles. The largest absolute Gasteiger partial charge is 0.465 e. The van der Waals surface area contributed by atoms with Crippen LogP contribution in [0.5, 0.6) is 0 Å². The van der Waals surface area contributed by atoms with Gasteiger partial charge in [-0.05, 0) is 44.4 Å². The molecule has 5 nitrogen and oxygen atoms in total. The first-order valence-corrected chi connectivity index (χ1v) is 9.97. The van der Waals surface area contributed by atoms with Gasteiger partial charge in [-0.2, -0.15) is 4.31 Å². The van der Waals surface area contributed by atoms with Gasteiger partial charge >= 0.3 is 5.97 Å². The van der Waals surface area contributed by atoms with Crippen molar-refractivity contribution in [2.45, 2.75) is 39.1 Å². The fraction of sp³-hybridized carbons (Fsp3) is 0.350. The van der Waals surface area contributed by atoms with Gasteiger partial charge in [0.1, 0.15) is 6.54 Å². The number of sulfonamides is 1. The Hall–Kier alpha value is -2.18. The smallest absolute Gasteiger partial charge is 0.321 e. The Morgan fingerprint density at radius 1 is 1.04 bits per heavy atom. The predicted molar refractivity (Wildman–Crippen MR) is 101 cm³/mol. The summed E-state index contributed by atoms with van der Waals surface area (Å²) in [6.07, 6.45) is 0. The van der Waals surface area contributed by atoms with Gasteiger partial charge in [-0.25, -0.2) is 8.42 Å². The molecule has 0 heterocycles. The molecular weight excluding hydrogens is 350 g/mol. The van der Waals surface area contributed by atoms with Crippen LogP contribution in [0.1, 0.15) is 29.2 Å². The van der Waals surface area contributed by atoms with Gasteiger partial charge in [0.25, 0.3) is 0 Å². The topological polar surface area (TPSA) is 63.7 Å². The van der Waals surface area contributed by atoms with Crippen LogP contribution in [-0.2, 0) is 26.1 Å². The Bertz CT molecular complexity index is 853. The normalized spacial score (nSPS) is 11.6. The van der Waals surface area contributed by atoms with Crippen molar-refractivity contribution in [3.8, 4) is 0 Å². The van der Waals surface area contributed by atoms with Crippen LogP contribution in [0.2, 0.25) is 0 Å². The van der Waals surface area contributed by atoms with Crippen LogP contribution in [0.3, 0.4) is 0 Å². The SMILES string of the molecule is CCOC(=O)CN(Cc1ccccc1)S(=O)(=O)c1c(C)cc(C)cc1C. The maximum Gasteiger partial charge on any atom is 0.321 e. The van der Waals surface area contributed by atoms with Crippen molar-refractivity contribution >= 4 is 16.0 Å². The van der Waals surface area contributed by atoms with Gasteiger partial charge in [0.2, 0.25) is 10.0 Å². The van der Waals surface area contributed by atoms with Gasteiger partial charge in [0.05, 0.1) is 11.5 Å². The molecule has 0 spiro atoms. The molecule has 0 aromatic heterocycles. The minimum Gasteiger partial charge on any atom is -0.465 e. The second-order valence-corrected chi connectivity index (χ2v) is 8.17. The zero-order valence-corrected chi connectivity index (χ0v) is 16.5. The molecule has 26 heavy (non-hydrogen) atoms. The summed E-state index contributed by atoms with van der Waals surface area (Å²) < 4.78 is 32.9. The van der Waals surface area contributed by atoms with E-state index in [4.69, 9.17) is 4.74 Å². The molecule has 0 saturated carbocycles. The first-order chi connectivity index (χ1) is 12.3. The van der Waals surface area contributed by atoms with Crippen molar-refractivity contribution in [2.75, 3.05) is 13.2 Å². The first-order valence-electron chi connectivity index (χ1n) is 8.53. The molecule has 140 valence electrons. The molecule has 0 aliphatic carbocycles. The monoisotopic (exact) mass is 375 g/mol. The number of aryl methyl sites for hydroxylation is 3. The molecular formula is C20H25NO4S. The van der Waals surface area contributed by atoms with E-state index in [2.05, 4.69) is 0 Å². The van der Waals surface area contributed by atoms with E-state index in [1.54, 1.807) is 20.8 Å². The molecule has 2 rings (SSSR count). The zero-order chi connectivity index (χ0) is 19.3. The number of rotatable bonds is 7. The summed E-state index contributed by atoms with van der Waals surface area (Å²) in [4.78, 5) is 12.3. The summed E-state index contributed by atoms with van der Waals surface area (Å²) in [6, 6.07) is 12.9. The van der Waals surface area contributed by atoms with Crippen molar-refractivity contribution in [2.24, 2.45) is 0 Å². The van der Waals surface area contributed by atoms with Gasteiger partial charge in [-0.15, -0.1) is 0 Å². The second-order valence-electron chi connectivity index (χ2n) is 6.29. The highest BCUT2D eigenvalue weighted by Crippen LogP contribution is 2.26. The van der Waals surface area contributed by atoms with E-state index in [1.807, 2.05) is 49.4 Å². The summed E-state index contributed by atoms with van der Waals surface area (Å²) in [5, 5.41) is 0. The zero-order valence-electron chi connectivity index (χ0n) is 15.7. The Morgan fingerprint density at radius 2 is 1.62 bits per heavy atom. The average Bonchev–Trinajstić information content (AvgIpc) is 2.54. The minimum absolute atomic E-state index is 0.106. The number of carbonyl (C=O) groups is 1. The lowest BCUT2D eigenvalue weighted by atomic mass is 10.1. The minimum atomic E-state index is -3.86. The fourth-order valence-corrected chi connectivity index (χ4v) is 4.85. The maximum absolute atomic E-state index is 13.3. The molecule has 0 aliphatic rings. The lowest BCUT2D eigenvalue weighted by molar-refractivity contribution is -0.143. The third-order valence-electron chi connectivity index (χ3n) is 4.02. The first kappa shape index (κ1) is 20.1. The van der Waals surface area contributed by atoms with E-state index >= 15 is 0 Å². The number of carbonyl (C=O) groups excluding carboxylic acids is 1. The van der Waals surface area contributed by atoms with Crippen LogP contribution in [0.15, 0.2) is 47.4 Å². The highest BCUT2D eigenvalue weighted by Gasteiger charge is 2.30. The lowest BCUT2D eigenvalue weighted by Crippen LogP contribution is -2.36. The number of hydrogen-bond acceptors (Lipinski definition) is 4. The van der Waals surface area contributed by atoms with Crippen LogP contribution < -0.4 is 0 Å². The number of esters is 1. The van der Waals surface area contributed by atoms with E-state index in [-0.39, 0.29) is 24.6 Å². The van der Waals surface area contributed by atoms with Gasteiger partial charge in [0, 0.05) is 6.54 Å². The summed E-state index contributed by atoms with van der Waals surface area (Å²) >= 11 is 0. The van der Waals surface area contributed by atoms with Gasteiger partial charge in [0.15, 0.2) is 0 Å². The highest BCUT2D eigenvalue weighted by atomic mass is 32.2. The Balaban J connectivity index is 2.47. The number of ether oxygens (including phenoxy) is 1.